The van der Waals surface area contributed by atoms with Crippen molar-refractivity contribution in [2.75, 3.05) is 35.5 Å². The van der Waals surface area contributed by atoms with Gasteiger partial charge in [-0.3, -0.25) is 9.36 Å². The third-order valence-corrected chi connectivity index (χ3v) is 4.03. The van der Waals surface area contributed by atoms with E-state index in [0.29, 0.717) is 39.7 Å². The van der Waals surface area contributed by atoms with Crippen LogP contribution in [0.4, 0.5) is 0 Å². The average Bonchev–Trinajstić information content (AvgIpc) is 2.72. The number of hydrogen-bond acceptors (Lipinski definition) is 8. The zero-order chi connectivity index (χ0) is 19.6. The maximum absolute atomic E-state index is 13.1. The Morgan fingerprint density at radius 2 is 1.63 bits per heavy atom. The van der Waals surface area contributed by atoms with E-state index in [0.717, 1.165) is 0 Å². The summed E-state index contributed by atoms with van der Waals surface area (Å²) in [6.07, 6.45) is 1.38. The number of rotatable bonds is 6. The van der Waals surface area contributed by atoms with Crippen LogP contribution in [0, 0.1) is 0 Å². The highest BCUT2D eigenvalue weighted by Crippen LogP contribution is 2.41. The molecule has 0 amide bonds. The molecule has 0 aliphatic rings. The minimum absolute atomic E-state index is 0.227. The smallest absolute Gasteiger partial charge is 0.266 e. The largest absolute Gasteiger partial charge is 0.493 e. The van der Waals surface area contributed by atoms with Crippen LogP contribution in [0.5, 0.6) is 29.0 Å². The molecule has 0 atom stereocenters. The Labute approximate surface area is 155 Å². The number of benzene rings is 1. The van der Waals surface area contributed by atoms with Gasteiger partial charge >= 0.3 is 0 Å². The molecule has 2 aromatic heterocycles. The highest BCUT2D eigenvalue weighted by molar-refractivity contribution is 5.89. The van der Waals surface area contributed by atoms with Gasteiger partial charge in [0.15, 0.2) is 11.5 Å². The van der Waals surface area contributed by atoms with Crippen LogP contribution in [0.15, 0.2) is 29.3 Å². The number of hydrogen-bond donors (Lipinski definition) is 0. The Bertz CT molecular complexity index is 1050. The van der Waals surface area contributed by atoms with Crippen LogP contribution >= 0.6 is 0 Å². The van der Waals surface area contributed by atoms with Crippen molar-refractivity contribution in [3.8, 4) is 34.7 Å². The van der Waals surface area contributed by atoms with Crippen molar-refractivity contribution in [2.45, 2.75) is 0 Å². The van der Waals surface area contributed by atoms with Gasteiger partial charge in [0.2, 0.25) is 17.5 Å². The van der Waals surface area contributed by atoms with Crippen LogP contribution in [0.2, 0.25) is 0 Å². The Kier molecular flexibility index (Phi) is 5.02. The fourth-order valence-electron chi connectivity index (χ4n) is 2.76. The molecule has 0 aliphatic heterocycles. The van der Waals surface area contributed by atoms with Crippen molar-refractivity contribution < 1.29 is 23.7 Å². The highest BCUT2D eigenvalue weighted by Gasteiger charge is 2.21. The van der Waals surface area contributed by atoms with Crippen LogP contribution in [0.25, 0.3) is 16.6 Å². The van der Waals surface area contributed by atoms with E-state index in [2.05, 4.69) is 9.97 Å². The second-order valence-electron chi connectivity index (χ2n) is 5.34. The quantitative estimate of drug-likeness (QED) is 0.646. The molecule has 0 unspecified atom stereocenters. The van der Waals surface area contributed by atoms with Crippen molar-refractivity contribution in [2.24, 2.45) is 0 Å². The molecule has 0 bridgehead atoms. The molecule has 27 heavy (non-hydrogen) atoms. The summed E-state index contributed by atoms with van der Waals surface area (Å²) in [6.45, 7) is 0. The van der Waals surface area contributed by atoms with Crippen LogP contribution in [0.1, 0.15) is 0 Å². The van der Waals surface area contributed by atoms with Gasteiger partial charge in [-0.2, -0.15) is 4.98 Å². The Hall–Kier alpha value is -3.49. The van der Waals surface area contributed by atoms with E-state index in [1.165, 1.54) is 46.4 Å². The molecule has 9 heteroatoms. The van der Waals surface area contributed by atoms with Gasteiger partial charge in [0.1, 0.15) is 17.5 Å². The summed E-state index contributed by atoms with van der Waals surface area (Å²) in [5.74, 6) is 1.63. The molecule has 0 saturated heterocycles. The lowest BCUT2D eigenvalue weighted by molar-refractivity contribution is 0.326. The third-order valence-electron chi connectivity index (χ3n) is 4.03. The van der Waals surface area contributed by atoms with Gasteiger partial charge in [0.25, 0.3) is 5.56 Å². The van der Waals surface area contributed by atoms with E-state index in [1.807, 2.05) is 0 Å². The summed E-state index contributed by atoms with van der Waals surface area (Å²) in [4.78, 5) is 21.7. The molecule has 0 fully saturated rings. The summed E-state index contributed by atoms with van der Waals surface area (Å²) in [5.41, 5.74) is 0.438. The summed E-state index contributed by atoms with van der Waals surface area (Å²) >= 11 is 0. The molecule has 2 heterocycles. The fraction of sp³-hybridized carbons (Fsp3) is 0.278. The maximum atomic E-state index is 13.1. The van der Waals surface area contributed by atoms with E-state index in [9.17, 15) is 4.79 Å². The maximum Gasteiger partial charge on any atom is 0.266 e. The van der Waals surface area contributed by atoms with Crippen molar-refractivity contribution >= 4 is 10.9 Å². The minimum atomic E-state index is -0.343. The second kappa shape index (κ2) is 7.40. The zero-order valence-electron chi connectivity index (χ0n) is 15.6. The Morgan fingerprint density at radius 3 is 2.22 bits per heavy atom. The number of methoxy groups -OCH3 is 5. The first-order valence-electron chi connectivity index (χ1n) is 7.89. The van der Waals surface area contributed by atoms with Gasteiger partial charge in [-0.05, 0) is 12.1 Å². The molecular formula is C18H19N3O6. The molecule has 0 aliphatic carbocycles. The molecule has 9 nitrogen and oxygen atoms in total. The Balaban J connectivity index is 2.32. The van der Waals surface area contributed by atoms with Gasteiger partial charge in [0.05, 0.1) is 40.9 Å². The standard InChI is InChI=1S/C18H19N3O6/c1-23-12-8-10-14(16(26-4)15(12)25-3)19-9-21(18(10)22)11-6-7-13(24-2)20-17(11)27-5/h6-9H,1-5H3. The van der Waals surface area contributed by atoms with E-state index < -0.39 is 0 Å². The van der Waals surface area contributed by atoms with Crippen LogP contribution < -0.4 is 29.2 Å². The monoisotopic (exact) mass is 373 g/mol. The lowest BCUT2D eigenvalue weighted by Crippen LogP contribution is -2.20. The molecule has 3 aromatic rings. The van der Waals surface area contributed by atoms with E-state index in [1.54, 1.807) is 18.2 Å². The van der Waals surface area contributed by atoms with Crippen LogP contribution in [0.3, 0.4) is 0 Å². The summed E-state index contributed by atoms with van der Waals surface area (Å²) < 4.78 is 27.8. The first-order chi connectivity index (χ1) is 13.1. The molecule has 3 rings (SSSR count). The van der Waals surface area contributed by atoms with Crippen LogP contribution in [-0.2, 0) is 0 Å². The first-order valence-corrected chi connectivity index (χ1v) is 7.89. The third kappa shape index (κ3) is 2.97. The van der Waals surface area contributed by atoms with Crippen molar-refractivity contribution in [1.29, 1.82) is 0 Å². The number of ether oxygens (including phenoxy) is 5. The summed E-state index contributed by atoms with van der Waals surface area (Å²) in [7, 11) is 7.40. The van der Waals surface area contributed by atoms with E-state index >= 15 is 0 Å². The molecule has 1 aromatic carbocycles. The molecule has 0 radical (unpaired) electrons. The predicted molar refractivity (Wildman–Crippen MR) is 97.9 cm³/mol. The summed E-state index contributed by atoms with van der Waals surface area (Å²) in [6, 6.07) is 4.85. The zero-order valence-corrected chi connectivity index (χ0v) is 15.6. The van der Waals surface area contributed by atoms with Gasteiger partial charge < -0.3 is 23.7 Å². The van der Waals surface area contributed by atoms with Crippen molar-refractivity contribution in [3.63, 3.8) is 0 Å². The van der Waals surface area contributed by atoms with Gasteiger partial charge in [-0.25, -0.2) is 4.98 Å². The van der Waals surface area contributed by atoms with E-state index in [4.69, 9.17) is 23.7 Å². The fourth-order valence-corrected chi connectivity index (χ4v) is 2.76. The summed E-state index contributed by atoms with van der Waals surface area (Å²) in [5, 5.41) is 0.296. The molecule has 0 spiro atoms. The van der Waals surface area contributed by atoms with Crippen LogP contribution in [-0.4, -0.2) is 50.1 Å². The lowest BCUT2D eigenvalue weighted by atomic mass is 10.2. The van der Waals surface area contributed by atoms with Crippen molar-refractivity contribution in [1.82, 2.24) is 14.5 Å². The minimum Gasteiger partial charge on any atom is -0.493 e. The topological polar surface area (TPSA) is 93.9 Å². The highest BCUT2D eigenvalue weighted by atomic mass is 16.5. The van der Waals surface area contributed by atoms with Crippen molar-refractivity contribution in [3.05, 3.63) is 34.9 Å². The van der Waals surface area contributed by atoms with Gasteiger partial charge in [0, 0.05) is 6.07 Å². The van der Waals surface area contributed by atoms with Gasteiger partial charge in [-0.15, -0.1) is 0 Å². The first kappa shape index (κ1) is 18.3. The average molecular weight is 373 g/mol. The number of nitrogens with zero attached hydrogens (tertiary/aromatic N) is 3. The van der Waals surface area contributed by atoms with Gasteiger partial charge in [-0.1, -0.05) is 0 Å². The second-order valence-corrected chi connectivity index (χ2v) is 5.34. The molecule has 142 valence electrons. The number of pyridine rings is 1. The normalized spacial score (nSPS) is 10.6. The lowest BCUT2D eigenvalue weighted by Gasteiger charge is -2.15. The number of fused-ring (bicyclic) bond motifs is 1. The molecule has 0 saturated carbocycles. The molecular weight excluding hydrogens is 354 g/mol. The molecule has 0 N–H and O–H groups in total. The SMILES string of the molecule is COc1ccc(-n2cnc3c(OC)c(OC)c(OC)cc3c2=O)c(OC)n1. The Morgan fingerprint density at radius 1 is 0.889 bits per heavy atom. The van der Waals surface area contributed by atoms with E-state index in [-0.39, 0.29) is 11.4 Å². The number of aromatic nitrogens is 3. The predicted octanol–water partition coefficient (Wildman–Crippen LogP) is 1.82.